The number of amides is 2. The monoisotopic (exact) mass is 284 g/mol. The summed E-state index contributed by atoms with van der Waals surface area (Å²) in [5.41, 5.74) is 1.18. The van der Waals surface area contributed by atoms with Crippen LogP contribution >= 0.6 is 11.3 Å². The van der Waals surface area contributed by atoms with E-state index in [-0.39, 0.29) is 18.5 Å². The summed E-state index contributed by atoms with van der Waals surface area (Å²) in [7, 11) is 0. The molecule has 2 N–H and O–H groups in total. The molecule has 0 saturated carbocycles. The van der Waals surface area contributed by atoms with Crippen LogP contribution in [0.2, 0.25) is 0 Å². The van der Waals surface area contributed by atoms with Gasteiger partial charge in [-0.25, -0.2) is 4.79 Å². The number of carbonyl (C=O) groups is 2. The van der Waals surface area contributed by atoms with Crippen molar-refractivity contribution in [3.63, 3.8) is 0 Å². The minimum Gasteiger partial charge on any atom is -0.480 e. The lowest BCUT2D eigenvalue weighted by molar-refractivity contribution is -0.137. The fourth-order valence-electron chi connectivity index (χ4n) is 1.68. The molecule has 0 aliphatic rings. The molecule has 0 bridgehead atoms. The van der Waals surface area contributed by atoms with Gasteiger partial charge in [-0.3, -0.25) is 4.79 Å². The van der Waals surface area contributed by atoms with Crippen LogP contribution in [-0.2, 0) is 11.2 Å². The van der Waals surface area contributed by atoms with Gasteiger partial charge in [-0.15, -0.1) is 0 Å². The summed E-state index contributed by atoms with van der Waals surface area (Å²) in [6, 6.07) is 1.70. The summed E-state index contributed by atoms with van der Waals surface area (Å²) >= 11 is 1.62. The van der Waals surface area contributed by atoms with E-state index in [0.29, 0.717) is 13.1 Å². The van der Waals surface area contributed by atoms with Gasteiger partial charge in [0, 0.05) is 13.1 Å². The first-order valence-electron chi connectivity index (χ1n) is 6.24. The maximum atomic E-state index is 11.9. The number of carboxylic acids is 1. The Labute approximate surface area is 117 Å². The molecule has 1 aromatic heterocycles. The van der Waals surface area contributed by atoms with E-state index in [9.17, 15) is 9.59 Å². The lowest BCUT2D eigenvalue weighted by Crippen LogP contribution is -2.45. The van der Waals surface area contributed by atoms with Crippen molar-refractivity contribution in [3.8, 4) is 0 Å². The van der Waals surface area contributed by atoms with Gasteiger partial charge in [-0.2, -0.15) is 11.3 Å². The third-order valence-electron chi connectivity index (χ3n) is 2.47. The summed E-state index contributed by atoms with van der Waals surface area (Å²) in [6.07, 6.45) is 0.762. The van der Waals surface area contributed by atoms with E-state index >= 15 is 0 Å². The van der Waals surface area contributed by atoms with Crippen LogP contribution in [0.5, 0.6) is 0 Å². The Balaban J connectivity index is 2.40. The standard InChI is InChI=1S/C13H20N2O3S/c1-10(2)7-15(8-12(16)17)13(18)14-5-3-11-4-6-19-9-11/h4,6,9-10H,3,5,7-8H2,1-2H3,(H,14,18)(H,16,17). The first-order valence-corrected chi connectivity index (χ1v) is 7.19. The number of hydrogen-bond donors (Lipinski definition) is 2. The molecule has 0 aliphatic heterocycles. The van der Waals surface area contributed by atoms with Gasteiger partial charge in [0.1, 0.15) is 6.54 Å². The summed E-state index contributed by atoms with van der Waals surface area (Å²) in [6.45, 7) is 4.60. The Morgan fingerprint density at radius 2 is 2.21 bits per heavy atom. The second-order valence-corrected chi connectivity index (χ2v) is 5.56. The molecule has 1 aromatic rings. The molecule has 0 saturated heterocycles. The Kier molecular flexibility index (Phi) is 6.35. The third-order valence-corrected chi connectivity index (χ3v) is 3.20. The first kappa shape index (κ1) is 15.5. The molecule has 2 amide bonds. The van der Waals surface area contributed by atoms with E-state index in [1.807, 2.05) is 30.7 Å². The zero-order valence-corrected chi connectivity index (χ0v) is 12.1. The van der Waals surface area contributed by atoms with E-state index in [1.54, 1.807) is 11.3 Å². The van der Waals surface area contributed by atoms with Crippen molar-refractivity contribution < 1.29 is 14.7 Å². The number of nitrogens with one attached hydrogen (secondary N) is 1. The zero-order chi connectivity index (χ0) is 14.3. The van der Waals surface area contributed by atoms with E-state index in [2.05, 4.69) is 5.32 Å². The molecule has 1 heterocycles. The second kappa shape index (κ2) is 7.78. The largest absolute Gasteiger partial charge is 0.480 e. The van der Waals surface area contributed by atoms with E-state index in [0.717, 1.165) is 6.42 Å². The number of urea groups is 1. The van der Waals surface area contributed by atoms with Crippen molar-refractivity contribution in [2.24, 2.45) is 5.92 Å². The van der Waals surface area contributed by atoms with E-state index < -0.39 is 5.97 Å². The highest BCUT2D eigenvalue weighted by atomic mass is 32.1. The molecule has 1 rings (SSSR count). The molecule has 6 heteroatoms. The molecular formula is C13H20N2O3S. The van der Waals surface area contributed by atoms with E-state index in [4.69, 9.17) is 5.11 Å². The number of carbonyl (C=O) groups excluding carboxylic acids is 1. The predicted octanol–water partition coefficient (Wildman–Crippen LogP) is 2.04. The van der Waals surface area contributed by atoms with Crippen LogP contribution in [0.4, 0.5) is 4.79 Å². The fourth-order valence-corrected chi connectivity index (χ4v) is 2.39. The number of nitrogens with zero attached hydrogens (tertiary/aromatic N) is 1. The summed E-state index contributed by atoms with van der Waals surface area (Å²) in [5.74, 6) is -0.754. The maximum Gasteiger partial charge on any atom is 0.323 e. The summed E-state index contributed by atoms with van der Waals surface area (Å²) in [4.78, 5) is 24.0. The molecule has 0 radical (unpaired) electrons. The number of thiophene rings is 1. The lowest BCUT2D eigenvalue weighted by Gasteiger charge is -2.23. The van der Waals surface area contributed by atoms with Gasteiger partial charge in [0.15, 0.2) is 0 Å². The molecule has 5 nitrogen and oxygen atoms in total. The molecule has 19 heavy (non-hydrogen) atoms. The SMILES string of the molecule is CC(C)CN(CC(=O)O)C(=O)NCCc1ccsc1. The van der Waals surface area contributed by atoms with Crippen molar-refractivity contribution in [3.05, 3.63) is 22.4 Å². The molecule has 0 atom stereocenters. The second-order valence-electron chi connectivity index (χ2n) is 4.78. The molecule has 0 aromatic carbocycles. The van der Waals surface area contributed by atoms with E-state index in [1.165, 1.54) is 10.5 Å². The molecule has 0 fully saturated rings. The average molecular weight is 284 g/mol. The molecule has 106 valence electrons. The van der Waals surface area contributed by atoms with Crippen molar-refractivity contribution >= 4 is 23.3 Å². The van der Waals surface area contributed by atoms with Crippen LogP contribution in [0.25, 0.3) is 0 Å². The van der Waals surface area contributed by atoms with Crippen molar-refractivity contribution in [1.29, 1.82) is 0 Å². The van der Waals surface area contributed by atoms with Crippen LogP contribution < -0.4 is 5.32 Å². The van der Waals surface area contributed by atoms with Crippen molar-refractivity contribution in [2.75, 3.05) is 19.6 Å². The molecular weight excluding hydrogens is 264 g/mol. The van der Waals surface area contributed by atoms with Gasteiger partial charge < -0.3 is 15.3 Å². The number of rotatable bonds is 7. The van der Waals surface area contributed by atoms with Crippen molar-refractivity contribution in [1.82, 2.24) is 10.2 Å². The quantitative estimate of drug-likeness (QED) is 0.805. The molecule has 0 aliphatic carbocycles. The number of carboxylic acid groups (broad SMARTS) is 1. The van der Waals surface area contributed by atoms with Crippen LogP contribution in [0.15, 0.2) is 16.8 Å². The van der Waals surface area contributed by atoms with Crippen molar-refractivity contribution in [2.45, 2.75) is 20.3 Å². The zero-order valence-electron chi connectivity index (χ0n) is 11.3. The molecule has 0 spiro atoms. The Morgan fingerprint density at radius 3 is 2.74 bits per heavy atom. The Hall–Kier alpha value is -1.56. The summed E-state index contributed by atoms with van der Waals surface area (Å²) < 4.78 is 0. The van der Waals surface area contributed by atoms with Gasteiger partial charge >= 0.3 is 12.0 Å². The van der Waals surface area contributed by atoms with Crippen LogP contribution in [0, 0.1) is 5.92 Å². The highest BCUT2D eigenvalue weighted by molar-refractivity contribution is 7.07. The first-order chi connectivity index (χ1) is 8.99. The third kappa shape index (κ3) is 6.24. The number of aliphatic carboxylic acids is 1. The molecule has 0 unspecified atom stereocenters. The predicted molar refractivity (Wildman–Crippen MR) is 75.5 cm³/mol. The highest BCUT2D eigenvalue weighted by Gasteiger charge is 2.17. The topological polar surface area (TPSA) is 69.6 Å². The van der Waals surface area contributed by atoms with Gasteiger partial charge in [0.05, 0.1) is 0 Å². The fraction of sp³-hybridized carbons (Fsp3) is 0.538. The minimum absolute atomic E-state index is 0.238. The Morgan fingerprint density at radius 1 is 1.47 bits per heavy atom. The minimum atomic E-state index is -0.992. The maximum absolute atomic E-state index is 11.9. The lowest BCUT2D eigenvalue weighted by atomic mass is 10.2. The normalized spacial score (nSPS) is 10.5. The van der Waals surface area contributed by atoms with Gasteiger partial charge in [0.25, 0.3) is 0 Å². The van der Waals surface area contributed by atoms with Gasteiger partial charge in [0.2, 0.25) is 0 Å². The van der Waals surface area contributed by atoms with Crippen LogP contribution in [-0.4, -0.2) is 41.6 Å². The smallest absolute Gasteiger partial charge is 0.323 e. The highest BCUT2D eigenvalue weighted by Crippen LogP contribution is 2.06. The Bertz CT molecular complexity index is 404. The van der Waals surface area contributed by atoms with Gasteiger partial charge in [-0.05, 0) is 34.7 Å². The van der Waals surface area contributed by atoms with Crippen LogP contribution in [0.3, 0.4) is 0 Å². The number of hydrogen-bond acceptors (Lipinski definition) is 3. The van der Waals surface area contributed by atoms with Gasteiger partial charge in [-0.1, -0.05) is 13.8 Å². The summed E-state index contributed by atoms with van der Waals surface area (Å²) in [5, 5.41) is 15.6. The van der Waals surface area contributed by atoms with Crippen LogP contribution in [0.1, 0.15) is 19.4 Å². The average Bonchev–Trinajstić information content (AvgIpc) is 2.79.